The molecule has 2 fully saturated rings. The lowest BCUT2D eigenvalue weighted by Gasteiger charge is -2.20. The molecule has 4 amide bonds. The van der Waals surface area contributed by atoms with E-state index in [0.29, 0.717) is 6.54 Å². The minimum Gasteiger partial charge on any atom is -0.354 e. The monoisotopic (exact) mass is 375 g/mol. The highest BCUT2D eigenvalue weighted by molar-refractivity contribution is 7.98. The van der Waals surface area contributed by atoms with Crippen molar-refractivity contribution in [1.29, 1.82) is 0 Å². The van der Waals surface area contributed by atoms with Gasteiger partial charge in [0.25, 0.3) is 5.91 Å². The molecule has 1 aromatic carbocycles. The number of hydrogen-bond donors (Lipinski definition) is 2. The van der Waals surface area contributed by atoms with E-state index in [1.807, 2.05) is 0 Å². The van der Waals surface area contributed by atoms with Gasteiger partial charge in [-0.25, -0.2) is 4.79 Å². The molecule has 1 saturated carbocycles. The number of nitrogens with one attached hydrogen (secondary N) is 2. The highest BCUT2D eigenvalue weighted by Crippen LogP contribution is 2.42. The standard InChI is InChI=1S/C19H25N3O3S/c1-13-3-5-14(6-4-13)12-26-10-9-20-16(23)11-22-17(24)19(2,15-7-8-15)21-18(22)25/h3-6,15H,7-12H2,1-2H3,(H,20,23)(H,21,25)/t19-/m0/s1. The Morgan fingerprint density at radius 2 is 2.00 bits per heavy atom. The number of thioether (sulfide) groups is 1. The van der Waals surface area contributed by atoms with Crippen LogP contribution in [0.2, 0.25) is 0 Å². The van der Waals surface area contributed by atoms with Crippen LogP contribution in [0, 0.1) is 12.8 Å². The van der Waals surface area contributed by atoms with Gasteiger partial charge < -0.3 is 10.6 Å². The summed E-state index contributed by atoms with van der Waals surface area (Å²) in [5, 5.41) is 5.53. The number of rotatable bonds is 8. The fourth-order valence-electron chi connectivity index (χ4n) is 3.13. The van der Waals surface area contributed by atoms with Crippen LogP contribution in [0.25, 0.3) is 0 Å². The number of nitrogens with zero attached hydrogens (tertiary/aromatic N) is 1. The molecule has 1 heterocycles. The molecule has 3 rings (SSSR count). The van der Waals surface area contributed by atoms with Crippen LogP contribution in [0.5, 0.6) is 0 Å². The third kappa shape index (κ3) is 4.20. The Hall–Kier alpha value is -2.02. The van der Waals surface area contributed by atoms with Gasteiger partial charge in [-0.15, -0.1) is 0 Å². The third-order valence-corrected chi connectivity index (χ3v) is 5.98. The van der Waals surface area contributed by atoms with E-state index in [9.17, 15) is 14.4 Å². The fourth-order valence-corrected chi connectivity index (χ4v) is 3.95. The Balaban J connectivity index is 1.37. The number of hydrogen-bond acceptors (Lipinski definition) is 4. The van der Waals surface area contributed by atoms with Crippen LogP contribution in [0.3, 0.4) is 0 Å². The van der Waals surface area contributed by atoms with E-state index in [2.05, 4.69) is 41.8 Å². The van der Waals surface area contributed by atoms with Crippen LogP contribution < -0.4 is 10.6 Å². The SMILES string of the molecule is Cc1ccc(CSCCNC(=O)CN2C(=O)N[C@@](C)(C3CC3)C2=O)cc1. The summed E-state index contributed by atoms with van der Waals surface area (Å²) in [6, 6.07) is 7.93. The molecule has 0 aromatic heterocycles. The smallest absolute Gasteiger partial charge is 0.325 e. The van der Waals surface area contributed by atoms with Crippen molar-refractivity contribution in [2.24, 2.45) is 5.92 Å². The van der Waals surface area contributed by atoms with Crippen LogP contribution in [-0.2, 0) is 15.3 Å². The van der Waals surface area contributed by atoms with Crippen molar-refractivity contribution in [3.05, 3.63) is 35.4 Å². The van der Waals surface area contributed by atoms with Gasteiger partial charge in [0.15, 0.2) is 0 Å². The predicted molar refractivity (Wildman–Crippen MR) is 102 cm³/mol. The van der Waals surface area contributed by atoms with Crippen molar-refractivity contribution in [1.82, 2.24) is 15.5 Å². The Kier molecular flexibility index (Phi) is 5.55. The van der Waals surface area contributed by atoms with Gasteiger partial charge in [-0.05, 0) is 38.2 Å². The molecule has 1 aromatic rings. The molecule has 0 unspecified atom stereocenters. The molecule has 2 aliphatic rings. The molecule has 2 N–H and O–H groups in total. The topological polar surface area (TPSA) is 78.5 Å². The van der Waals surface area contributed by atoms with Gasteiger partial charge >= 0.3 is 6.03 Å². The number of urea groups is 1. The first-order chi connectivity index (χ1) is 12.4. The Morgan fingerprint density at radius 3 is 2.65 bits per heavy atom. The quantitative estimate of drug-likeness (QED) is 0.539. The lowest BCUT2D eigenvalue weighted by atomic mass is 9.96. The van der Waals surface area contributed by atoms with Crippen molar-refractivity contribution in [3.8, 4) is 0 Å². The second-order valence-electron chi connectivity index (χ2n) is 7.19. The molecule has 1 atom stereocenters. The van der Waals surface area contributed by atoms with Crippen LogP contribution in [0.15, 0.2) is 24.3 Å². The fraction of sp³-hybridized carbons (Fsp3) is 0.526. The van der Waals surface area contributed by atoms with Gasteiger partial charge in [-0.3, -0.25) is 14.5 Å². The zero-order chi connectivity index (χ0) is 18.7. The number of imide groups is 1. The van der Waals surface area contributed by atoms with E-state index >= 15 is 0 Å². The molecule has 1 aliphatic heterocycles. The number of carbonyl (C=O) groups excluding carboxylic acids is 3. The van der Waals surface area contributed by atoms with E-state index in [1.165, 1.54) is 11.1 Å². The zero-order valence-electron chi connectivity index (χ0n) is 15.2. The van der Waals surface area contributed by atoms with E-state index in [4.69, 9.17) is 0 Å². The summed E-state index contributed by atoms with van der Waals surface area (Å²) in [6.45, 7) is 4.12. The van der Waals surface area contributed by atoms with Gasteiger partial charge in [0, 0.05) is 18.1 Å². The van der Waals surface area contributed by atoms with Gasteiger partial charge in [-0.2, -0.15) is 11.8 Å². The first-order valence-electron chi connectivity index (χ1n) is 8.94. The summed E-state index contributed by atoms with van der Waals surface area (Å²) in [6.07, 6.45) is 1.89. The number of carbonyl (C=O) groups is 3. The maximum Gasteiger partial charge on any atom is 0.325 e. The molecule has 0 radical (unpaired) electrons. The number of aryl methyl sites for hydroxylation is 1. The van der Waals surface area contributed by atoms with Crippen molar-refractivity contribution in [2.45, 2.75) is 38.0 Å². The third-order valence-electron chi connectivity index (χ3n) is 4.95. The Labute approximate surface area is 158 Å². The summed E-state index contributed by atoms with van der Waals surface area (Å²) >= 11 is 1.74. The molecule has 6 nitrogen and oxygen atoms in total. The second kappa shape index (κ2) is 7.70. The van der Waals surface area contributed by atoms with Crippen molar-refractivity contribution >= 4 is 29.6 Å². The number of benzene rings is 1. The van der Waals surface area contributed by atoms with Gasteiger partial charge in [0.1, 0.15) is 12.1 Å². The minimum absolute atomic E-state index is 0.199. The first kappa shape index (κ1) is 18.8. The van der Waals surface area contributed by atoms with E-state index in [-0.39, 0.29) is 24.3 Å². The van der Waals surface area contributed by atoms with E-state index in [1.54, 1.807) is 18.7 Å². The number of amides is 4. The molecule has 0 bridgehead atoms. The molecular formula is C19H25N3O3S. The maximum absolute atomic E-state index is 12.5. The molecule has 1 aliphatic carbocycles. The van der Waals surface area contributed by atoms with Gasteiger partial charge in [0.05, 0.1) is 0 Å². The summed E-state index contributed by atoms with van der Waals surface area (Å²) in [4.78, 5) is 37.6. The van der Waals surface area contributed by atoms with Gasteiger partial charge in [-0.1, -0.05) is 29.8 Å². The molecule has 1 saturated heterocycles. The average Bonchev–Trinajstić information content (AvgIpc) is 3.42. The normalized spacial score (nSPS) is 22.5. The van der Waals surface area contributed by atoms with Crippen LogP contribution >= 0.6 is 11.8 Å². The lowest BCUT2D eigenvalue weighted by Crippen LogP contribution is -2.47. The van der Waals surface area contributed by atoms with Crippen molar-refractivity contribution in [3.63, 3.8) is 0 Å². The molecule has 7 heteroatoms. The lowest BCUT2D eigenvalue weighted by molar-refractivity contribution is -0.135. The summed E-state index contributed by atoms with van der Waals surface area (Å²) in [5.41, 5.74) is 1.66. The molecule has 0 spiro atoms. The van der Waals surface area contributed by atoms with E-state index < -0.39 is 11.6 Å². The van der Waals surface area contributed by atoms with Crippen LogP contribution in [0.1, 0.15) is 30.9 Å². The predicted octanol–water partition coefficient (Wildman–Crippen LogP) is 2.06. The largest absolute Gasteiger partial charge is 0.354 e. The van der Waals surface area contributed by atoms with Crippen LogP contribution in [-0.4, -0.2) is 47.1 Å². The Morgan fingerprint density at radius 1 is 1.31 bits per heavy atom. The van der Waals surface area contributed by atoms with Gasteiger partial charge in [0.2, 0.25) is 5.91 Å². The zero-order valence-corrected chi connectivity index (χ0v) is 16.0. The Bertz CT molecular complexity index is 702. The second-order valence-corrected chi connectivity index (χ2v) is 8.29. The maximum atomic E-state index is 12.5. The van der Waals surface area contributed by atoms with E-state index in [0.717, 1.165) is 29.2 Å². The van der Waals surface area contributed by atoms with Crippen LogP contribution in [0.4, 0.5) is 4.79 Å². The summed E-state index contributed by atoms with van der Waals surface area (Å²) < 4.78 is 0. The highest BCUT2D eigenvalue weighted by Gasteiger charge is 2.56. The molecule has 26 heavy (non-hydrogen) atoms. The molecular weight excluding hydrogens is 350 g/mol. The average molecular weight is 375 g/mol. The highest BCUT2D eigenvalue weighted by atomic mass is 32.2. The first-order valence-corrected chi connectivity index (χ1v) is 10.1. The molecule has 140 valence electrons. The summed E-state index contributed by atoms with van der Waals surface area (Å²) in [5.74, 6) is 1.28. The van der Waals surface area contributed by atoms with Crippen molar-refractivity contribution < 1.29 is 14.4 Å². The summed E-state index contributed by atoms with van der Waals surface area (Å²) in [7, 11) is 0. The minimum atomic E-state index is -0.832. The van der Waals surface area contributed by atoms with Crippen molar-refractivity contribution in [2.75, 3.05) is 18.8 Å².